The van der Waals surface area contributed by atoms with Gasteiger partial charge in [0.25, 0.3) is 0 Å². The summed E-state index contributed by atoms with van der Waals surface area (Å²) in [6, 6.07) is 5.01. The van der Waals surface area contributed by atoms with Crippen molar-refractivity contribution >= 4 is 28.1 Å². The number of ether oxygens (including phenoxy) is 1. The summed E-state index contributed by atoms with van der Waals surface area (Å²) < 4.78 is 17.5. The molecule has 1 atom stereocenters. The van der Waals surface area contributed by atoms with E-state index in [0.29, 0.717) is 28.0 Å². The van der Waals surface area contributed by atoms with Crippen LogP contribution in [0.25, 0.3) is 0 Å². The van der Waals surface area contributed by atoms with Gasteiger partial charge in [-0.15, -0.1) is 0 Å². The average Bonchev–Trinajstić information content (AvgIpc) is 2.15. The van der Waals surface area contributed by atoms with Crippen molar-refractivity contribution in [3.8, 4) is 0 Å². The molecule has 2 N–H and O–H groups in total. The van der Waals surface area contributed by atoms with Gasteiger partial charge in [-0.05, 0) is 39.0 Å². The summed E-state index contributed by atoms with van der Waals surface area (Å²) in [7, 11) is -1.15. The molecular weight excluding hydrogens is 258 g/mol. The highest BCUT2D eigenvalue weighted by atomic mass is 35.5. The molecule has 0 bridgehead atoms. The lowest BCUT2D eigenvalue weighted by molar-refractivity contribution is 0.00669. The molecule has 0 saturated carbocycles. The first-order valence-corrected chi connectivity index (χ1v) is 7.06. The molecule has 0 saturated heterocycles. The first-order chi connectivity index (χ1) is 7.79. The normalized spacial score (nSPS) is 13.6. The third-order valence-electron chi connectivity index (χ3n) is 2.01. The quantitative estimate of drug-likeness (QED) is 0.860. The molecule has 0 heterocycles. The Morgan fingerprint density at radius 3 is 2.59 bits per heavy atom. The van der Waals surface area contributed by atoms with Gasteiger partial charge in [0.2, 0.25) is 0 Å². The average molecular weight is 276 g/mol. The molecule has 5 heteroatoms. The minimum absolute atomic E-state index is 0.213. The van der Waals surface area contributed by atoms with Crippen molar-refractivity contribution in [1.82, 2.24) is 0 Å². The van der Waals surface area contributed by atoms with Gasteiger partial charge in [0, 0.05) is 5.69 Å². The standard InChI is InChI=1S/C12H18ClNO2S/c1-12(2,3)16-6-7-17(15)11-5-4-9(14)8-10(11)13/h4-5,8H,6-7,14H2,1-3H3. The predicted molar refractivity (Wildman–Crippen MR) is 72.8 cm³/mol. The zero-order valence-electron chi connectivity index (χ0n) is 10.3. The zero-order chi connectivity index (χ0) is 13.1. The third kappa shape index (κ3) is 5.06. The third-order valence-corrected chi connectivity index (χ3v) is 3.81. The van der Waals surface area contributed by atoms with E-state index in [1.54, 1.807) is 18.2 Å². The van der Waals surface area contributed by atoms with Crippen LogP contribution in [-0.2, 0) is 15.5 Å². The SMILES string of the molecule is CC(C)(C)OCCS(=O)c1ccc(N)cc1Cl. The van der Waals surface area contributed by atoms with Gasteiger partial charge < -0.3 is 10.5 Å². The molecule has 0 fully saturated rings. The summed E-state index contributed by atoms with van der Waals surface area (Å²) in [5, 5.41) is 0.444. The Kier molecular flexibility index (Phi) is 4.98. The van der Waals surface area contributed by atoms with Crippen LogP contribution in [0.5, 0.6) is 0 Å². The fourth-order valence-corrected chi connectivity index (χ4v) is 2.63. The van der Waals surface area contributed by atoms with Crippen molar-refractivity contribution in [2.75, 3.05) is 18.1 Å². The van der Waals surface area contributed by atoms with Crippen LogP contribution in [0.2, 0.25) is 5.02 Å². The zero-order valence-corrected chi connectivity index (χ0v) is 11.9. The van der Waals surface area contributed by atoms with Crippen LogP contribution in [0.3, 0.4) is 0 Å². The molecule has 17 heavy (non-hydrogen) atoms. The van der Waals surface area contributed by atoms with Gasteiger partial charge in [-0.25, -0.2) is 0 Å². The van der Waals surface area contributed by atoms with Crippen molar-refractivity contribution < 1.29 is 8.95 Å². The summed E-state index contributed by atoms with van der Waals surface area (Å²) >= 11 is 5.98. The first-order valence-electron chi connectivity index (χ1n) is 5.37. The number of rotatable bonds is 4. The number of anilines is 1. The first kappa shape index (κ1) is 14.5. The van der Waals surface area contributed by atoms with Crippen molar-refractivity contribution in [2.24, 2.45) is 0 Å². The molecule has 1 rings (SSSR count). The van der Waals surface area contributed by atoms with E-state index in [-0.39, 0.29) is 5.60 Å². The largest absolute Gasteiger partial charge is 0.399 e. The number of halogens is 1. The molecular formula is C12H18ClNO2S. The summed E-state index contributed by atoms with van der Waals surface area (Å²) in [5.74, 6) is 0.431. The molecule has 0 aliphatic rings. The Labute approximate surface area is 110 Å². The molecule has 3 nitrogen and oxygen atoms in total. The van der Waals surface area contributed by atoms with E-state index in [4.69, 9.17) is 22.1 Å². The molecule has 1 unspecified atom stereocenters. The van der Waals surface area contributed by atoms with Crippen LogP contribution in [0, 0.1) is 0 Å². The molecule has 1 aromatic carbocycles. The number of hydrogen-bond acceptors (Lipinski definition) is 3. The highest BCUT2D eigenvalue weighted by Crippen LogP contribution is 2.22. The predicted octanol–water partition coefficient (Wildman–Crippen LogP) is 2.84. The van der Waals surface area contributed by atoms with Crippen LogP contribution in [0.15, 0.2) is 23.1 Å². The summed E-state index contributed by atoms with van der Waals surface area (Å²) in [6.45, 7) is 6.33. The maximum absolute atomic E-state index is 12.0. The maximum Gasteiger partial charge on any atom is 0.0598 e. The smallest absolute Gasteiger partial charge is 0.0598 e. The van der Waals surface area contributed by atoms with Crippen LogP contribution in [0.4, 0.5) is 5.69 Å². The topological polar surface area (TPSA) is 52.3 Å². The fraction of sp³-hybridized carbons (Fsp3) is 0.500. The summed E-state index contributed by atoms with van der Waals surface area (Å²) in [5.41, 5.74) is 5.93. The Bertz CT molecular complexity index is 415. The second kappa shape index (κ2) is 5.85. The molecule has 0 amide bonds. The number of benzene rings is 1. The van der Waals surface area contributed by atoms with E-state index in [2.05, 4.69) is 0 Å². The minimum Gasteiger partial charge on any atom is -0.399 e. The summed E-state index contributed by atoms with van der Waals surface area (Å²) in [4.78, 5) is 0.610. The fourth-order valence-electron chi connectivity index (χ4n) is 1.24. The van der Waals surface area contributed by atoms with Crippen LogP contribution >= 0.6 is 11.6 Å². The van der Waals surface area contributed by atoms with E-state index < -0.39 is 10.8 Å². The van der Waals surface area contributed by atoms with Crippen LogP contribution in [0.1, 0.15) is 20.8 Å². The molecule has 0 aromatic heterocycles. The number of nitrogens with two attached hydrogens (primary N) is 1. The van der Waals surface area contributed by atoms with Crippen molar-refractivity contribution in [1.29, 1.82) is 0 Å². The molecule has 96 valence electrons. The molecule has 0 radical (unpaired) electrons. The Morgan fingerprint density at radius 1 is 1.41 bits per heavy atom. The second-order valence-corrected chi connectivity index (χ2v) is 6.65. The number of nitrogen functional groups attached to an aromatic ring is 1. The van der Waals surface area contributed by atoms with E-state index >= 15 is 0 Å². The van der Waals surface area contributed by atoms with Crippen LogP contribution < -0.4 is 5.73 Å². The Balaban J connectivity index is 2.59. The van der Waals surface area contributed by atoms with Gasteiger partial charge in [-0.1, -0.05) is 11.6 Å². The van der Waals surface area contributed by atoms with E-state index in [1.807, 2.05) is 20.8 Å². The highest BCUT2D eigenvalue weighted by molar-refractivity contribution is 7.85. The van der Waals surface area contributed by atoms with Gasteiger partial charge in [0.1, 0.15) is 0 Å². The second-order valence-electron chi connectivity index (χ2n) is 4.70. The number of hydrogen-bond donors (Lipinski definition) is 1. The molecule has 1 aromatic rings. The Morgan fingerprint density at radius 2 is 2.06 bits per heavy atom. The lowest BCUT2D eigenvalue weighted by atomic mass is 10.2. The van der Waals surface area contributed by atoms with Crippen molar-refractivity contribution in [2.45, 2.75) is 31.3 Å². The van der Waals surface area contributed by atoms with Gasteiger partial charge in [0.15, 0.2) is 0 Å². The molecule has 0 aliphatic carbocycles. The van der Waals surface area contributed by atoms with Crippen LogP contribution in [-0.4, -0.2) is 22.2 Å². The lowest BCUT2D eigenvalue weighted by Gasteiger charge is -2.19. The van der Waals surface area contributed by atoms with Gasteiger partial charge >= 0.3 is 0 Å². The molecule has 0 spiro atoms. The Hall–Kier alpha value is -0.580. The summed E-state index contributed by atoms with van der Waals surface area (Å²) in [6.07, 6.45) is 0. The van der Waals surface area contributed by atoms with Crippen molar-refractivity contribution in [3.05, 3.63) is 23.2 Å². The minimum atomic E-state index is -1.15. The van der Waals surface area contributed by atoms with E-state index in [9.17, 15) is 4.21 Å². The lowest BCUT2D eigenvalue weighted by Crippen LogP contribution is -2.22. The van der Waals surface area contributed by atoms with E-state index in [1.165, 1.54) is 0 Å². The van der Waals surface area contributed by atoms with Gasteiger partial charge in [0.05, 0.1) is 38.7 Å². The van der Waals surface area contributed by atoms with Gasteiger partial charge in [-0.2, -0.15) is 0 Å². The molecule has 0 aliphatic heterocycles. The van der Waals surface area contributed by atoms with Gasteiger partial charge in [-0.3, -0.25) is 4.21 Å². The maximum atomic E-state index is 12.0. The highest BCUT2D eigenvalue weighted by Gasteiger charge is 2.13. The van der Waals surface area contributed by atoms with E-state index in [0.717, 1.165) is 0 Å². The van der Waals surface area contributed by atoms with Crippen molar-refractivity contribution in [3.63, 3.8) is 0 Å². The monoisotopic (exact) mass is 275 g/mol.